The van der Waals surface area contributed by atoms with Crippen LogP contribution in [-0.2, 0) is 11.2 Å². The van der Waals surface area contributed by atoms with Crippen LogP contribution < -0.4 is 5.73 Å². The summed E-state index contributed by atoms with van der Waals surface area (Å²) >= 11 is 1.46. The lowest BCUT2D eigenvalue weighted by molar-refractivity contribution is -0.138. The molecule has 2 aromatic rings. The summed E-state index contributed by atoms with van der Waals surface area (Å²) in [6, 6.07) is 3.54. The van der Waals surface area contributed by atoms with Crippen LogP contribution in [0.5, 0.6) is 0 Å². The molecule has 0 radical (unpaired) electrons. The second kappa shape index (κ2) is 4.19. The number of rotatable bonds is 3. The van der Waals surface area contributed by atoms with Gasteiger partial charge in [0.2, 0.25) is 0 Å². The highest BCUT2D eigenvalue weighted by Crippen LogP contribution is 2.27. The van der Waals surface area contributed by atoms with Crippen LogP contribution in [0.15, 0.2) is 23.6 Å². The van der Waals surface area contributed by atoms with Crippen molar-refractivity contribution in [2.75, 3.05) is 0 Å². The standard InChI is InChI=1S/C11H10FNO2S/c12-7-1-2-10-8(4-7)6(5-16-10)3-9(13)11(14)15/h1-2,4-5,9H,3,13H2,(H,14,15). The van der Waals surface area contributed by atoms with E-state index in [9.17, 15) is 9.18 Å². The quantitative estimate of drug-likeness (QED) is 0.861. The normalized spacial score (nSPS) is 12.9. The maximum atomic E-state index is 13.0. The van der Waals surface area contributed by atoms with Gasteiger partial charge in [0.05, 0.1) is 0 Å². The molecular weight excluding hydrogens is 229 g/mol. The van der Waals surface area contributed by atoms with E-state index in [4.69, 9.17) is 10.8 Å². The van der Waals surface area contributed by atoms with Gasteiger partial charge in [-0.25, -0.2) is 4.39 Å². The predicted octanol–water partition coefficient (Wildman–Crippen LogP) is 1.99. The minimum Gasteiger partial charge on any atom is -0.480 e. The topological polar surface area (TPSA) is 63.3 Å². The highest BCUT2D eigenvalue weighted by molar-refractivity contribution is 7.17. The second-order valence-corrected chi connectivity index (χ2v) is 4.46. The molecule has 1 heterocycles. The lowest BCUT2D eigenvalue weighted by Gasteiger charge is -2.04. The summed E-state index contributed by atoms with van der Waals surface area (Å²) in [4.78, 5) is 10.6. The molecule has 84 valence electrons. The lowest BCUT2D eigenvalue weighted by Crippen LogP contribution is -2.32. The maximum absolute atomic E-state index is 13.0. The Kier molecular flexibility index (Phi) is 2.89. The number of carbonyl (C=O) groups is 1. The highest BCUT2D eigenvalue weighted by atomic mass is 32.1. The van der Waals surface area contributed by atoms with Crippen LogP contribution in [0.4, 0.5) is 4.39 Å². The molecule has 0 saturated carbocycles. The molecule has 0 fully saturated rings. The van der Waals surface area contributed by atoms with E-state index in [1.54, 1.807) is 6.07 Å². The summed E-state index contributed by atoms with van der Waals surface area (Å²) in [5.41, 5.74) is 6.23. The Bertz CT molecular complexity index is 538. The first-order valence-corrected chi connectivity index (χ1v) is 5.60. The molecule has 0 aliphatic rings. The van der Waals surface area contributed by atoms with Crippen LogP contribution in [0.3, 0.4) is 0 Å². The summed E-state index contributed by atoms with van der Waals surface area (Å²) in [6.07, 6.45) is 0.221. The van der Waals surface area contributed by atoms with Gasteiger partial charge >= 0.3 is 5.97 Å². The molecule has 16 heavy (non-hydrogen) atoms. The van der Waals surface area contributed by atoms with Crippen molar-refractivity contribution in [3.8, 4) is 0 Å². The summed E-state index contributed by atoms with van der Waals surface area (Å²) in [5.74, 6) is -1.37. The first-order chi connectivity index (χ1) is 7.58. The molecule has 0 spiro atoms. The Morgan fingerprint density at radius 2 is 2.31 bits per heavy atom. The zero-order valence-electron chi connectivity index (χ0n) is 8.31. The molecule has 0 aliphatic carbocycles. The first kappa shape index (κ1) is 11.0. The van der Waals surface area contributed by atoms with E-state index in [1.165, 1.54) is 23.5 Å². The fourth-order valence-corrected chi connectivity index (χ4v) is 2.49. The molecule has 1 unspecified atom stereocenters. The third-order valence-corrected chi connectivity index (χ3v) is 3.39. The van der Waals surface area contributed by atoms with Gasteiger partial charge in [-0.2, -0.15) is 0 Å². The van der Waals surface area contributed by atoms with Crippen molar-refractivity contribution in [2.45, 2.75) is 12.5 Å². The maximum Gasteiger partial charge on any atom is 0.320 e. The molecule has 5 heteroatoms. The average Bonchev–Trinajstić information content (AvgIpc) is 2.61. The van der Waals surface area contributed by atoms with Gasteiger partial charge in [0, 0.05) is 4.70 Å². The van der Waals surface area contributed by atoms with Gasteiger partial charge in [-0.1, -0.05) is 0 Å². The summed E-state index contributed by atoms with van der Waals surface area (Å²) < 4.78 is 14.0. The molecule has 1 aromatic heterocycles. The summed E-state index contributed by atoms with van der Waals surface area (Å²) in [6.45, 7) is 0. The monoisotopic (exact) mass is 239 g/mol. The molecule has 0 bridgehead atoms. The number of halogens is 1. The zero-order valence-corrected chi connectivity index (χ0v) is 9.13. The molecule has 3 N–H and O–H groups in total. The van der Waals surface area contributed by atoms with Gasteiger partial charge in [0.1, 0.15) is 11.9 Å². The van der Waals surface area contributed by atoms with Crippen LogP contribution in [0, 0.1) is 5.82 Å². The Hall–Kier alpha value is -1.46. The van der Waals surface area contributed by atoms with Crippen molar-refractivity contribution in [3.05, 3.63) is 35.0 Å². The fraction of sp³-hybridized carbons (Fsp3) is 0.182. The predicted molar refractivity (Wildman–Crippen MR) is 61.1 cm³/mol. The van der Waals surface area contributed by atoms with E-state index in [0.717, 1.165) is 15.6 Å². The minimum absolute atomic E-state index is 0.221. The molecule has 1 aromatic carbocycles. The van der Waals surface area contributed by atoms with Gasteiger partial charge in [0.25, 0.3) is 0 Å². The number of carboxylic acid groups (broad SMARTS) is 1. The first-order valence-electron chi connectivity index (χ1n) is 4.72. The number of hydrogen-bond donors (Lipinski definition) is 2. The van der Waals surface area contributed by atoms with Crippen molar-refractivity contribution in [1.29, 1.82) is 0 Å². The molecule has 0 aliphatic heterocycles. The second-order valence-electron chi connectivity index (χ2n) is 3.55. The van der Waals surface area contributed by atoms with E-state index in [-0.39, 0.29) is 12.2 Å². The van der Waals surface area contributed by atoms with Crippen molar-refractivity contribution < 1.29 is 14.3 Å². The molecule has 2 rings (SSSR count). The Balaban J connectivity index is 2.37. The lowest BCUT2D eigenvalue weighted by atomic mass is 10.1. The van der Waals surface area contributed by atoms with Crippen molar-refractivity contribution in [1.82, 2.24) is 0 Å². The number of hydrogen-bond acceptors (Lipinski definition) is 3. The number of fused-ring (bicyclic) bond motifs is 1. The van der Waals surface area contributed by atoms with Crippen LogP contribution in [-0.4, -0.2) is 17.1 Å². The van der Waals surface area contributed by atoms with Crippen LogP contribution in [0.2, 0.25) is 0 Å². The van der Waals surface area contributed by atoms with Crippen molar-refractivity contribution in [3.63, 3.8) is 0 Å². The molecule has 1 atom stereocenters. The average molecular weight is 239 g/mol. The number of thiophene rings is 1. The molecule has 3 nitrogen and oxygen atoms in total. The smallest absolute Gasteiger partial charge is 0.320 e. The summed E-state index contributed by atoms with van der Waals surface area (Å²) in [7, 11) is 0. The number of aliphatic carboxylic acids is 1. The number of carboxylic acids is 1. The highest BCUT2D eigenvalue weighted by Gasteiger charge is 2.15. The molecular formula is C11H10FNO2S. The van der Waals surface area contributed by atoms with Gasteiger partial charge in [-0.05, 0) is 40.9 Å². The van der Waals surface area contributed by atoms with Gasteiger partial charge < -0.3 is 10.8 Å². The van der Waals surface area contributed by atoms with Crippen LogP contribution in [0.1, 0.15) is 5.56 Å². The van der Waals surface area contributed by atoms with Crippen LogP contribution in [0.25, 0.3) is 10.1 Å². The third-order valence-electron chi connectivity index (χ3n) is 2.37. The minimum atomic E-state index is -1.05. The van der Waals surface area contributed by atoms with E-state index in [0.29, 0.717) is 0 Å². The Morgan fingerprint density at radius 1 is 1.56 bits per heavy atom. The van der Waals surface area contributed by atoms with Gasteiger partial charge in [-0.15, -0.1) is 11.3 Å². The van der Waals surface area contributed by atoms with Gasteiger partial charge in [0.15, 0.2) is 0 Å². The van der Waals surface area contributed by atoms with E-state index >= 15 is 0 Å². The molecule has 0 amide bonds. The van der Waals surface area contributed by atoms with Crippen molar-refractivity contribution >= 4 is 27.4 Å². The summed E-state index contributed by atoms with van der Waals surface area (Å²) in [5, 5.41) is 11.3. The number of nitrogens with two attached hydrogens (primary N) is 1. The Morgan fingerprint density at radius 3 is 3.00 bits per heavy atom. The van der Waals surface area contributed by atoms with Gasteiger partial charge in [-0.3, -0.25) is 4.79 Å². The van der Waals surface area contributed by atoms with E-state index in [2.05, 4.69) is 0 Å². The third kappa shape index (κ3) is 2.05. The van der Waals surface area contributed by atoms with E-state index in [1.807, 2.05) is 5.38 Å². The molecule has 0 saturated heterocycles. The van der Waals surface area contributed by atoms with E-state index < -0.39 is 12.0 Å². The van der Waals surface area contributed by atoms with Crippen LogP contribution >= 0.6 is 11.3 Å². The largest absolute Gasteiger partial charge is 0.480 e. The van der Waals surface area contributed by atoms with Crippen molar-refractivity contribution in [2.24, 2.45) is 5.73 Å². The fourth-order valence-electron chi connectivity index (χ4n) is 1.54. The zero-order chi connectivity index (χ0) is 11.7. The SMILES string of the molecule is NC(Cc1csc2ccc(F)cc12)C(=O)O. The Labute approximate surface area is 95.3 Å². The number of benzene rings is 1.